The number of aromatic nitrogens is 1. The molecule has 2 rings (SSSR count). The molecule has 0 bridgehead atoms. The first-order valence-electron chi connectivity index (χ1n) is 3.86. The average Bonchev–Trinajstić information content (AvgIpc) is 2.48. The van der Waals surface area contributed by atoms with Crippen LogP contribution in [0, 0.1) is 0 Å². The molecule has 1 aromatic carbocycles. The Balaban J connectivity index is 2.65. The van der Waals surface area contributed by atoms with E-state index in [0.29, 0.717) is 0 Å². The van der Waals surface area contributed by atoms with Crippen LogP contribution in [0.15, 0.2) is 33.9 Å². The van der Waals surface area contributed by atoms with E-state index in [0.717, 1.165) is 8.91 Å². The maximum absolute atomic E-state index is 3.35. The summed E-state index contributed by atoms with van der Waals surface area (Å²) in [6, 6.07) is 8.22. The zero-order chi connectivity index (χ0) is 9.26. The molecule has 3 heteroatoms. The van der Waals surface area contributed by atoms with Gasteiger partial charge in [-0.15, -0.1) is 0 Å². The van der Waals surface area contributed by atoms with Crippen LogP contribution in [0.3, 0.4) is 0 Å². The molecule has 0 saturated heterocycles. The second-order valence-electron chi connectivity index (χ2n) is 2.72. The van der Waals surface area contributed by atoms with Gasteiger partial charge in [-0.1, -0.05) is 18.2 Å². The van der Waals surface area contributed by atoms with Gasteiger partial charge in [0.25, 0.3) is 0 Å². The smallest absolute Gasteiger partial charge is 0.0610 e. The maximum Gasteiger partial charge on any atom is 0.0610 e. The SMILES string of the molecule is BrC(Br)=Cc1c[nH]c2ccccc12. The molecule has 0 aliphatic heterocycles. The summed E-state index contributed by atoms with van der Waals surface area (Å²) in [6.45, 7) is 0. The van der Waals surface area contributed by atoms with Gasteiger partial charge in [-0.05, 0) is 44.0 Å². The van der Waals surface area contributed by atoms with E-state index >= 15 is 0 Å². The fourth-order valence-corrected chi connectivity index (χ4v) is 1.82. The molecule has 1 N–H and O–H groups in total. The molecule has 0 radical (unpaired) electrons. The van der Waals surface area contributed by atoms with Crippen molar-refractivity contribution in [2.45, 2.75) is 0 Å². The van der Waals surface area contributed by atoms with Crippen molar-refractivity contribution in [2.75, 3.05) is 0 Å². The minimum atomic E-state index is 0.949. The summed E-state index contributed by atoms with van der Waals surface area (Å²) in [4.78, 5) is 3.21. The third-order valence-corrected chi connectivity index (χ3v) is 2.34. The summed E-state index contributed by atoms with van der Waals surface area (Å²) in [5.74, 6) is 0. The highest BCUT2D eigenvalue weighted by molar-refractivity contribution is 9.28. The molecule has 0 atom stereocenters. The number of para-hydroxylation sites is 1. The molecule has 0 spiro atoms. The van der Waals surface area contributed by atoms with E-state index in [1.165, 1.54) is 10.9 Å². The van der Waals surface area contributed by atoms with Crippen molar-refractivity contribution in [2.24, 2.45) is 0 Å². The van der Waals surface area contributed by atoms with Gasteiger partial charge in [0.1, 0.15) is 0 Å². The van der Waals surface area contributed by atoms with Crippen LogP contribution in [0.4, 0.5) is 0 Å². The molecule has 13 heavy (non-hydrogen) atoms. The minimum Gasteiger partial charge on any atom is -0.361 e. The number of H-pyrrole nitrogens is 1. The van der Waals surface area contributed by atoms with Gasteiger partial charge in [0.05, 0.1) is 3.39 Å². The number of nitrogens with one attached hydrogen (secondary N) is 1. The van der Waals surface area contributed by atoms with Crippen molar-refractivity contribution in [3.63, 3.8) is 0 Å². The first kappa shape index (κ1) is 9.03. The molecule has 1 heterocycles. The van der Waals surface area contributed by atoms with Gasteiger partial charge in [-0.25, -0.2) is 0 Å². The molecular weight excluding hydrogens is 294 g/mol. The lowest BCUT2D eigenvalue weighted by Crippen LogP contribution is -1.67. The Labute approximate surface area is 93.1 Å². The monoisotopic (exact) mass is 299 g/mol. The Morgan fingerprint density at radius 2 is 2.00 bits per heavy atom. The van der Waals surface area contributed by atoms with Gasteiger partial charge in [-0.2, -0.15) is 0 Å². The summed E-state index contributed by atoms with van der Waals surface area (Å²) in [5, 5.41) is 1.24. The van der Waals surface area contributed by atoms with E-state index in [2.05, 4.69) is 49.0 Å². The lowest BCUT2D eigenvalue weighted by molar-refractivity contribution is 1.47. The van der Waals surface area contributed by atoms with Crippen LogP contribution in [0.1, 0.15) is 5.56 Å². The second kappa shape index (κ2) is 3.68. The van der Waals surface area contributed by atoms with Crippen LogP contribution in [0.5, 0.6) is 0 Å². The maximum atomic E-state index is 3.35. The number of rotatable bonds is 1. The molecule has 2 aromatic rings. The average molecular weight is 301 g/mol. The normalized spacial score (nSPS) is 10.3. The zero-order valence-corrected chi connectivity index (χ0v) is 9.89. The van der Waals surface area contributed by atoms with E-state index < -0.39 is 0 Å². The van der Waals surface area contributed by atoms with Crippen molar-refractivity contribution >= 4 is 48.8 Å². The number of halogens is 2. The van der Waals surface area contributed by atoms with Gasteiger partial charge in [0.15, 0.2) is 0 Å². The Kier molecular flexibility index (Phi) is 2.56. The Morgan fingerprint density at radius 1 is 1.23 bits per heavy atom. The van der Waals surface area contributed by atoms with E-state index in [9.17, 15) is 0 Å². The van der Waals surface area contributed by atoms with Crippen molar-refractivity contribution in [1.29, 1.82) is 0 Å². The molecular formula is C10H7Br2N. The van der Waals surface area contributed by atoms with Gasteiger partial charge >= 0.3 is 0 Å². The standard InChI is InChI=1S/C10H7Br2N/c11-10(12)5-7-6-13-9-4-2-1-3-8(7)9/h1-6,13H. The van der Waals surface area contributed by atoms with Gasteiger partial charge in [0.2, 0.25) is 0 Å². The van der Waals surface area contributed by atoms with Crippen LogP contribution in [-0.2, 0) is 0 Å². The summed E-state index contributed by atoms with van der Waals surface area (Å²) in [5.41, 5.74) is 2.34. The van der Waals surface area contributed by atoms with Crippen molar-refractivity contribution < 1.29 is 0 Å². The van der Waals surface area contributed by atoms with E-state index in [4.69, 9.17) is 0 Å². The first-order chi connectivity index (χ1) is 6.27. The molecule has 66 valence electrons. The predicted octanol–water partition coefficient (Wildman–Crippen LogP) is 4.26. The molecule has 0 unspecified atom stereocenters. The van der Waals surface area contributed by atoms with Crippen LogP contribution < -0.4 is 0 Å². The summed E-state index contributed by atoms with van der Waals surface area (Å²) >= 11 is 6.69. The number of hydrogen-bond acceptors (Lipinski definition) is 0. The Morgan fingerprint density at radius 3 is 2.77 bits per heavy atom. The van der Waals surface area contributed by atoms with Crippen LogP contribution in [0.2, 0.25) is 0 Å². The number of benzene rings is 1. The lowest BCUT2D eigenvalue weighted by atomic mass is 10.2. The van der Waals surface area contributed by atoms with Crippen molar-refractivity contribution in [1.82, 2.24) is 4.98 Å². The fourth-order valence-electron chi connectivity index (χ4n) is 1.33. The van der Waals surface area contributed by atoms with Crippen LogP contribution in [-0.4, -0.2) is 4.98 Å². The molecule has 0 aliphatic rings. The van der Waals surface area contributed by atoms with Crippen LogP contribution in [0.25, 0.3) is 17.0 Å². The predicted molar refractivity (Wildman–Crippen MR) is 64.1 cm³/mol. The third kappa shape index (κ3) is 1.86. The van der Waals surface area contributed by atoms with Gasteiger partial charge in [-0.3, -0.25) is 0 Å². The van der Waals surface area contributed by atoms with Crippen LogP contribution >= 0.6 is 31.9 Å². The summed E-state index contributed by atoms with van der Waals surface area (Å²) in [6.07, 6.45) is 4.02. The molecule has 0 fully saturated rings. The van der Waals surface area contributed by atoms with E-state index in [-0.39, 0.29) is 0 Å². The zero-order valence-electron chi connectivity index (χ0n) is 6.72. The molecule has 1 nitrogen and oxygen atoms in total. The Bertz CT molecular complexity index is 453. The largest absolute Gasteiger partial charge is 0.361 e. The highest BCUT2D eigenvalue weighted by atomic mass is 79.9. The van der Waals surface area contributed by atoms with Gasteiger partial charge in [0, 0.05) is 22.7 Å². The summed E-state index contributed by atoms with van der Waals surface area (Å²) in [7, 11) is 0. The summed E-state index contributed by atoms with van der Waals surface area (Å²) < 4.78 is 0.949. The highest BCUT2D eigenvalue weighted by Gasteiger charge is 1.99. The molecule has 0 aliphatic carbocycles. The second-order valence-corrected chi connectivity index (χ2v) is 5.50. The number of hydrogen-bond donors (Lipinski definition) is 1. The first-order valence-corrected chi connectivity index (χ1v) is 5.45. The van der Waals surface area contributed by atoms with E-state index in [1.807, 2.05) is 24.4 Å². The number of fused-ring (bicyclic) bond motifs is 1. The quantitative estimate of drug-likeness (QED) is 0.810. The molecule has 1 aromatic heterocycles. The fraction of sp³-hybridized carbons (Fsp3) is 0. The minimum absolute atomic E-state index is 0.949. The lowest BCUT2D eigenvalue weighted by Gasteiger charge is -1.90. The third-order valence-electron chi connectivity index (χ3n) is 1.89. The number of aromatic amines is 1. The highest BCUT2D eigenvalue weighted by Crippen LogP contribution is 2.24. The Hall–Kier alpha value is -0.540. The van der Waals surface area contributed by atoms with E-state index in [1.54, 1.807) is 0 Å². The molecule has 0 saturated carbocycles. The topological polar surface area (TPSA) is 15.8 Å². The molecule has 0 amide bonds. The van der Waals surface area contributed by atoms with Crippen molar-refractivity contribution in [3.8, 4) is 0 Å². The van der Waals surface area contributed by atoms with Gasteiger partial charge < -0.3 is 4.98 Å². The van der Waals surface area contributed by atoms with Crippen molar-refractivity contribution in [3.05, 3.63) is 39.4 Å².